The third-order valence-corrected chi connectivity index (χ3v) is 5.42. The van der Waals surface area contributed by atoms with Crippen molar-refractivity contribution in [1.29, 1.82) is 0 Å². The number of fused-ring (bicyclic) bond motifs is 1. The van der Waals surface area contributed by atoms with Crippen molar-refractivity contribution in [2.75, 3.05) is 0 Å². The Morgan fingerprint density at radius 2 is 1.52 bits per heavy atom. The Kier molecular flexibility index (Phi) is 5.33. The second kappa shape index (κ2) is 8.73. The van der Waals surface area contributed by atoms with Crippen molar-refractivity contribution in [3.8, 4) is 17.5 Å². The van der Waals surface area contributed by atoms with E-state index < -0.39 is 0 Å². The van der Waals surface area contributed by atoms with Gasteiger partial charge in [-0.25, -0.2) is 4.98 Å². The van der Waals surface area contributed by atoms with Crippen molar-refractivity contribution < 1.29 is 0 Å². The summed E-state index contributed by atoms with van der Waals surface area (Å²) in [5, 5.41) is 2.48. The molecule has 0 fully saturated rings. The van der Waals surface area contributed by atoms with Crippen molar-refractivity contribution >= 4 is 10.8 Å². The normalized spacial score (nSPS) is 10.6. The molecule has 31 heavy (non-hydrogen) atoms. The predicted octanol–water partition coefficient (Wildman–Crippen LogP) is 6.21. The van der Waals surface area contributed by atoms with Gasteiger partial charge in [0.25, 0.3) is 0 Å². The van der Waals surface area contributed by atoms with Gasteiger partial charge in [-0.3, -0.25) is 0 Å². The molecule has 1 heterocycles. The van der Waals surface area contributed by atoms with E-state index in [9.17, 15) is 0 Å². The van der Waals surface area contributed by atoms with Crippen LogP contribution in [0.15, 0.2) is 110 Å². The van der Waals surface area contributed by atoms with E-state index in [-0.39, 0.29) is 0 Å². The van der Waals surface area contributed by atoms with E-state index in [0.717, 1.165) is 24.1 Å². The Morgan fingerprint density at radius 1 is 0.710 bits per heavy atom. The number of rotatable bonds is 4. The van der Waals surface area contributed by atoms with E-state index in [4.69, 9.17) is 0 Å². The minimum absolute atomic E-state index is 0.772. The SMILES string of the molecule is C(#Cc1ccc2ccc(Cc3ccc(-n4ccnc4)cc3)cc2c1)Cc1ccccc1. The highest BCUT2D eigenvalue weighted by molar-refractivity contribution is 5.84. The molecule has 0 aliphatic rings. The number of aromatic nitrogens is 2. The third-order valence-electron chi connectivity index (χ3n) is 5.42. The molecule has 0 unspecified atom stereocenters. The first-order valence-corrected chi connectivity index (χ1v) is 10.5. The molecule has 1 aromatic heterocycles. The highest BCUT2D eigenvalue weighted by atomic mass is 15.0. The van der Waals surface area contributed by atoms with Crippen LogP contribution in [0.4, 0.5) is 0 Å². The monoisotopic (exact) mass is 398 g/mol. The zero-order valence-corrected chi connectivity index (χ0v) is 17.2. The van der Waals surface area contributed by atoms with Crippen LogP contribution in [0.3, 0.4) is 0 Å². The summed E-state index contributed by atoms with van der Waals surface area (Å²) in [5.74, 6) is 6.61. The van der Waals surface area contributed by atoms with Gasteiger partial charge >= 0.3 is 0 Å². The van der Waals surface area contributed by atoms with Crippen LogP contribution in [-0.4, -0.2) is 9.55 Å². The molecule has 0 atom stereocenters. The highest BCUT2D eigenvalue weighted by Gasteiger charge is 2.02. The molecule has 148 valence electrons. The van der Waals surface area contributed by atoms with Crippen molar-refractivity contribution in [3.63, 3.8) is 0 Å². The molecule has 5 aromatic rings. The molecule has 4 aromatic carbocycles. The standard InChI is InChI=1S/C29H22N2/c1-2-5-23(6-3-1)7-4-8-24-9-13-27-14-10-26(21-28(27)20-24)19-25-11-15-29(16-12-25)31-18-17-30-22-31/h1-3,5-6,9-18,20-22H,7,19H2. The summed E-state index contributed by atoms with van der Waals surface area (Å²) in [6, 6.07) is 32.2. The van der Waals surface area contributed by atoms with Gasteiger partial charge in [0.15, 0.2) is 0 Å². The predicted molar refractivity (Wildman–Crippen MR) is 127 cm³/mol. The van der Waals surface area contributed by atoms with Crippen LogP contribution in [0.1, 0.15) is 22.3 Å². The average molecular weight is 399 g/mol. The van der Waals surface area contributed by atoms with Crippen molar-refractivity contribution in [3.05, 3.63) is 132 Å². The second-order valence-electron chi connectivity index (χ2n) is 7.67. The molecule has 0 saturated heterocycles. The first-order valence-electron chi connectivity index (χ1n) is 10.5. The van der Waals surface area contributed by atoms with E-state index in [1.165, 1.54) is 27.5 Å². The Bertz CT molecular complexity index is 1350. The van der Waals surface area contributed by atoms with E-state index >= 15 is 0 Å². The summed E-state index contributed by atoms with van der Waals surface area (Å²) >= 11 is 0. The topological polar surface area (TPSA) is 17.8 Å². The molecule has 0 N–H and O–H groups in total. The number of hydrogen-bond acceptors (Lipinski definition) is 1. The molecular formula is C29H22N2. The minimum atomic E-state index is 0.772. The van der Waals surface area contributed by atoms with Gasteiger partial charge in [-0.1, -0.05) is 78.6 Å². The van der Waals surface area contributed by atoms with Gasteiger partial charge in [0.2, 0.25) is 0 Å². The molecular weight excluding hydrogens is 376 g/mol. The lowest BCUT2D eigenvalue weighted by molar-refractivity contribution is 1.05. The molecule has 0 saturated carbocycles. The second-order valence-corrected chi connectivity index (χ2v) is 7.67. The molecule has 0 radical (unpaired) electrons. The molecule has 0 amide bonds. The van der Waals surface area contributed by atoms with E-state index in [1.807, 2.05) is 23.2 Å². The van der Waals surface area contributed by atoms with E-state index in [0.29, 0.717) is 0 Å². The Balaban J connectivity index is 1.33. The molecule has 2 nitrogen and oxygen atoms in total. The van der Waals surface area contributed by atoms with Gasteiger partial charge < -0.3 is 4.57 Å². The van der Waals surface area contributed by atoms with Gasteiger partial charge in [0.1, 0.15) is 0 Å². The summed E-state index contributed by atoms with van der Waals surface area (Å²) in [6.45, 7) is 0. The average Bonchev–Trinajstić information content (AvgIpc) is 3.35. The zero-order valence-electron chi connectivity index (χ0n) is 17.2. The van der Waals surface area contributed by atoms with E-state index in [1.54, 1.807) is 6.20 Å². The van der Waals surface area contributed by atoms with Gasteiger partial charge in [-0.15, -0.1) is 0 Å². The first kappa shape index (κ1) is 18.9. The maximum Gasteiger partial charge on any atom is 0.0991 e. The minimum Gasteiger partial charge on any atom is -0.306 e. The fourth-order valence-electron chi connectivity index (χ4n) is 3.76. The summed E-state index contributed by atoms with van der Waals surface area (Å²) < 4.78 is 2.01. The largest absolute Gasteiger partial charge is 0.306 e. The maximum atomic E-state index is 4.11. The van der Waals surface area contributed by atoms with Gasteiger partial charge in [0.05, 0.1) is 6.33 Å². The van der Waals surface area contributed by atoms with Crippen LogP contribution in [0.25, 0.3) is 16.5 Å². The van der Waals surface area contributed by atoms with Gasteiger partial charge in [-0.05, 0) is 58.1 Å². The van der Waals surface area contributed by atoms with Gasteiger partial charge in [-0.2, -0.15) is 0 Å². The van der Waals surface area contributed by atoms with Crippen LogP contribution < -0.4 is 0 Å². The Hall–Kier alpha value is -4.09. The molecule has 0 aliphatic heterocycles. The third kappa shape index (κ3) is 4.57. The molecule has 5 rings (SSSR count). The summed E-state index contributed by atoms with van der Waals surface area (Å²) in [7, 11) is 0. The molecule has 2 heteroatoms. The number of benzene rings is 4. The van der Waals surface area contributed by atoms with Crippen LogP contribution in [0.2, 0.25) is 0 Å². The Morgan fingerprint density at radius 3 is 2.32 bits per heavy atom. The highest BCUT2D eigenvalue weighted by Crippen LogP contribution is 2.20. The van der Waals surface area contributed by atoms with Crippen molar-refractivity contribution in [2.45, 2.75) is 12.8 Å². The number of imidazole rings is 1. The number of nitrogens with zero attached hydrogens (tertiary/aromatic N) is 2. The van der Waals surface area contributed by atoms with Gasteiger partial charge in [0, 0.05) is 30.1 Å². The summed E-state index contributed by atoms with van der Waals surface area (Å²) in [5.41, 5.74) is 6.03. The quantitative estimate of drug-likeness (QED) is 0.329. The van der Waals surface area contributed by atoms with Crippen molar-refractivity contribution in [1.82, 2.24) is 9.55 Å². The fourth-order valence-corrected chi connectivity index (χ4v) is 3.76. The lowest BCUT2D eigenvalue weighted by Crippen LogP contribution is -1.92. The van der Waals surface area contributed by atoms with Crippen molar-refractivity contribution in [2.24, 2.45) is 0 Å². The fraction of sp³-hybridized carbons (Fsp3) is 0.0690. The lowest BCUT2D eigenvalue weighted by atomic mass is 10.00. The Labute approximate surface area is 182 Å². The van der Waals surface area contributed by atoms with E-state index in [2.05, 4.69) is 102 Å². The van der Waals surface area contributed by atoms with Crippen LogP contribution in [0, 0.1) is 11.8 Å². The molecule has 0 aliphatic carbocycles. The van der Waals surface area contributed by atoms with Crippen LogP contribution in [0.5, 0.6) is 0 Å². The number of hydrogen-bond donors (Lipinski definition) is 0. The molecule has 0 bridgehead atoms. The maximum absolute atomic E-state index is 4.11. The summed E-state index contributed by atoms with van der Waals surface area (Å²) in [4.78, 5) is 4.11. The smallest absolute Gasteiger partial charge is 0.0991 e. The molecule has 0 spiro atoms. The first-order chi connectivity index (χ1) is 15.3. The van der Waals surface area contributed by atoms with Crippen LogP contribution >= 0.6 is 0 Å². The van der Waals surface area contributed by atoms with Crippen LogP contribution in [-0.2, 0) is 12.8 Å². The lowest BCUT2D eigenvalue weighted by Gasteiger charge is -2.07. The zero-order chi connectivity index (χ0) is 20.9. The summed E-state index contributed by atoms with van der Waals surface area (Å²) in [6.07, 6.45) is 7.25.